The number of piperidine rings is 1. The molecule has 3 saturated heterocycles. The predicted octanol–water partition coefficient (Wildman–Crippen LogP) is 2.78. The van der Waals surface area contributed by atoms with Gasteiger partial charge in [0.05, 0.1) is 30.7 Å². The van der Waals surface area contributed by atoms with Gasteiger partial charge in [0.1, 0.15) is 18.2 Å². The minimum Gasteiger partial charge on any atom is -0.465 e. The number of cyclic esters (lactones) is 1. The average molecular weight is 622 g/mol. The van der Waals surface area contributed by atoms with Crippen LogP contribution in [0.4, 0.5) is 13.2 Å². The second-order valence-electron chi connectivity index (χ2n) is 12.4. The Bertz CT molecular complexity index is 874. The van der Waals surface area contributed by atoms with Crippen LogP contribution in [0, 0.1) is 11.8 Å². The van der Waals surface area contributed by atoms with Gasteiger partial charge >= 0.3 is 18.1 Å². The van der Waals surface area contributed by atoms with Gasteiger partial charge in [0.15, 0.2) is 0 Å². The maximum Gasteiger partial charge on any atom is 0.403 e. The molecule has 9 atom stereocenters. The molecule has 0 aromatic carbocycles. The van der Waals surface area contributed by atoms with Gasteiger partial charge in [0.2, 0.25) is 0 Å². The molecule has 4 aliphatic rings. The number of nitrogens with zero attached hydrogens (tertiary/aromatic N) is 2. The van der Waals surface area contributed by atoms with Crippen molar-refractivity contribution in [3.05, 3.63) is 0 Å². The highest BCUT2D eigenvalue weighted by Crippen LogP contribution is 2.32. The lowest BCUT2D eigenvalue weighted by Gasteiger charge is -2.39. The average Bonchev–Trinajstić information content (AvgIpc) is 3.23. The van der Waals surface area contributed by atoms with E-state index in [1.807, 2.05) is 0 Å². The fourth-order valence-electron chi connectivity index (χ4n) is 6.84. The van der Waals surface area contributed by atoms with Crippen molar-refractivity contribution in [3.63, 3.8) is 0 Å². The summed E-state index contributed by atoms with van der Waals surface area (Å²) >= 11 is 0. The highest BCUT2D eigenvalue weighted by molar-refractivity contribution is 5.73. The molecule has 4 fully saturated rings. The van der Waals surface area contributed by atoms with E-state index in [-0.39, 0.29) is 55.7 Å². The van der Waals surface area contributed by atoms with E-state index in [1.165, 1.54) is 0 Å². The lowest BCUT2D eigenvalue weighted by molar-refractivity contribution is -0.173. The monoisotopic (exact) mass is 621 g/mol. The van der Waals surface area contributed by atoms with Crippen LogP contribution >= 0.6 is 0 Å². The molecule has 43 heavy (non-hydrogen) atoms. The van der Waals surface area contributed by atoms with Gasteiger partial charge in [-0.25, -0.2) is 0 Å². The van der Waals surface area contributed by atoms with Crippen molar-refractivity contribution in [2.75, 3.05) is 73.2 Å². The molecule has 1 N–H and O–H groups in total. The van der Waals surface area contributed by atoms with Gasteiger partial charge in [-0.15, -0.1) is 0 Å². The van der Waals surface area contributed by atoms with Crippen LogP contribution < -0.4 is 5.32 Å². The molecule has 1 aliphatic carbocycles. The van der Waals surface area contributed by atoms with E-state index in [1.54, 1.807) is 14.2 Å². The number of hydrogen-bond donors (Lipinski definition) is 1. The Morgan fingerprint density at radius 1 is 0.884 bits per heavy atom. The molecule has 248 valence electrons. The smallest absolute Gasteiger partial charge is 0.403 e. The number of alkyl halides is 3. The molecule has 4 rings (SSSR count). The van der Waals surface area contributed by atoms with Gasteiger partial charge in [-0.05, 0) is 70.9 Å². The van der Waals surface area contributed by atoms with E-state index >= 15 is 0 Å². The Morgan fingerprint density at radius 2 is 1.63 bits per heavy atom. The van der Waals surface area contributed by atoms with E-state index in [0.717, 1.165) is 52.1 Å². The van der Waals surface area contributed by atoms with E-state index in [2.05, 4.69) is 15.1 Å². The molecule has 4 bridgehead atoms. The van der Waals surface area contributed by atoms with Crippen molar-refractivity contribution in [2.45, 2.75) is 94.4 Å². The number of ether oxygens (including phenoxy) is 5. The first-order valence-electron chi connectivity index (χ1n) is 16.0. The predicted molar refractivity (Wildman–Crippen MR) is 151 cm³/mol. The van der Waals surface area contributed by atoms with Crippen LogP contribution in [-0.2, 0) is 33.3 Å². The van der Waals surface area contributed by atoms with Crippen molar-refractivity contribution in [1.82, 2.24) is 15.1 Å². The molecule has 9 unspecified atom stereocenters. The maximum absolute atomic E-state index is 13.1. The molecular weight excluding hydrogens is 571 g/mol. The van der Waals surface area contributed by atoms with Crippen LogP contribution in [0.5, 0.6) is 0 Å². The SMILES string of the molecule is COC1CC2CC(OCCCC(OC(=O)C3CCC(C(F)(F)F)NC3)CCN3CCCN(CCCOC2=O)CC3)C1OC. The summed E-state index contributed by atoms with van der Waals surface area (Å²) in [6, 6.07) is -1.58. The van der Waals surface area contributed by atoms with Gasteiger partial charge in [-0.1, -0.05) is 0 Å². The molecule has 10 nitrogen and oxygen atoms in total. The van der Waals surface area contributed by atoms with Gasteiger partial charge < -0.3 is 38.8 Å². The van der Waals surface area contributed by atoms with Crippen LogP contribution in [0.2, 0.25) is 0 Å². The first-order chi connectivity index (χ1) is 20.7. The molecule has 0 amide bonds. The molecule has 0 radical (unpaired) electrons. The third-order valence-corrected chi connectivity index (χ3v) is 9.41. The molecular formula is C30H50F3N3O7. The lowest BCUT2D eigenvalue weighted by atomic mass is 9.83. The summed E-state index contributed by atoms with van der Waals surface area (Å²) in [6.07, 6.45) is -1.03. The Balaban J connectivity index is 1.40. The van der Waals surface area contributed by atoms with E-state index < -0.39 is 24.1 Å². The molecule has 3 aliphatic heterocycles. The second kappa shape index (κ2) is 16.7. The van der Waals surface area contributed by atoms with Crippen molar-refractivity contribution in [2.24, 2.45) is 11.8 Å². The number of methoxy groups -OCH3 is 2. The Hall–Kier alpha value is -1.51. The van der Waals surface area contributed by atoms with E-state index in [9.17, 15) is 22.8 Å². The topological polar surface area (TPSA) is 98.8 Å². The fourth-order valence-corrected chi connectivity index (χ4v) is 6.84. The zero-order valence-electron chi connectivity index (χ0n) is 25.7. The highest BCUT2D eigenvalue weighted by atomic mass is 19.4. The summed E-state index contributed by atoms with van der Waals surface area (Å²) < 4.78 is 68.5. The third kappa shape index (κ3) is 10.3. The third-order valence-electron chi connectivity index (χ3n) is 9.41. The van der Waals surface area contributed by atoms with Crippen LogP contribution in [0.3, 0.4) is 0 Å². The van der Waals surface area contributed by atoms with Gasteiger partial charge in [-0.3, -0.25) is 9.59 Å². The Morgan fingerprint density at radius 3 is 2.30 bits per heavy atom. The van der Waals surface area contributed by atoms with Crippen molar-refractivity contribution in [3.8, 4) is 0 Å². The van der Waals surface area contributed by atoms with Crippen molar-refractivity contribution in [1.29, 1.82) is 0 Å². The zero-order valence-corrected chi connectivity index (χ0v) is 25.7. The number of hydrogen-bond acceptors (Lipinski definition) is 10. The van der Waals surface area contributed by atoms with Gasteiger partial charge in [0, 0.05) is 53.6 Å². The molecule has 1 saturated carbocycles. The minimum absolute atomic E-state index is 0.0366. The summed E-state index contributed by atoms with van der Waals surface area (Å²) in [6.45, 7) is 6.10. The minimum atomic E-state index is -4.32. The number of nitrogens with one attached hydrogen (secondary N) is 1. The quantitative estimate of drug-likeness (QED) is 0.472. The number of halogens is 3. The summed E-state index contributed by atoms with van der Waals surface area (Å²) in [5, 5.41) is 2.48. The molecule has 0 aromatic rings. The summed E-state index contributed by atoms with van der Waals surface area (Å²) in [7, 11) is 3.22. The van der Waals surface area contributed by atoms with Gasteiger partial charge in [-0.2, -0.15) is 13.2 Å². The first kappa shape index (κ1) is 34.4. The first-order valence-corrected chi connectivity index (χ1v) is 16.0. The highest BCUT2D eigenvalue weighted by Gasteiger charge is 2.44. The molecule has 3 heterocycles. The fraction of sp³-hybridized carbons (Fsp3) is 0.933. The standard InChI is InChI=1S/C30H50F3N3O7/c1-39-24-18-22-19-25(27(24)40-2)41-16-3-6-23(43-29(38)21-7-8-26(34-20-21)30(31,32)33)9-13-36-11-4-10-35(14-15-36)12-5-17-42-28(22)37/h21-27,34H,3-20H2,1-2H3. The number of carbonyl (C=O) groups is 2. The number of carbonyl (C=O) groups excluding carboxylic acids is 2. The Kier molecular flexibility index (Phi) is 13.3. The van der Waals surface area contributed by atoms with Crippen LogP contribution in [0.25, 0.3) is 0 Å². The normalized spacial score (nSPS) is 37.7. The lowest BCUT2D eigenvalue weighted by Crippen LogP contribution is -2.50. The molecule has 0 spiro atoms. The van der Waals surface area contributed by atoms with Crippen molar-refractivity contribution >= 4 is 11.9 Å². The maximum atomic E-state index is 13.1. The van der Waals surface area contributed by atoms with Gasteiger partial charge in [0.25, 0.3) is 0 Å². The van der Waals surface area contributed by atoms with Crippen molar-refractivity contribution < 1.29 is 46.4 Å². The van der Waals surface area contributed by atoms with Crippen LogP contribution in [0.15, 0.2) is 0 Å². The van der Waals surface area contributed by atoms with Crippen LogP contribution in [0.1, 0.15) is 57.8 Å². The summed E-state index contributed by atoms with van der Waals surface area (Å²) in [4.78, 5) is 30.8. The Labute approximate surface area is 253 Å². The number of rotatable bonds is 4. The summed E-state index contributed by atoms with van der Waals surface area (Å²) in [5.74, 6) is -1.60. The molecule has 0 aromatic heterocycles. The van der Waals surface area contributed by atoms with E-state index in [4.69, 9.17) is 23.7 Å². The van der Waals surface area contributed by atoms with E-state index in [0.29, 0.717) is 45.3 Å². The second-order valence-corrected chi connectivity index (χ2v) is 12.4. The van der Waals surface area contributed by atoms with Crippen LogP contribution in [-0.4, -0.2) is 132 Å². The zero-order chi connectivity index (χ0) is 30.8. The summed E-state index contributed by atoms with van der Waals surface area (Å²) in [5.41, 5.74) is 0. The largest absolute Gasteiger partial charge is 0.465 e. The number of fused-ring (bicyclic) bond motifs is 5. The molecule has 13 heteroatoms. The number of esters is 2.